The van der Waals surface area contributed by atoms with Gasteiger partial charge in [-0.1, -0.05) is 18.2 Å². The average Bonchev–Trinajstić information content (AvgIpc) is 3.28. The second-order valence-electron chi connectivity index (χ2n) is 8.49. The lowest BCUT2D eigenvalue weighted by molar-refractivity contribution is -0.117. The molecule has 0 radical (unpaired) electrons. The Balaban J connectivity index is 1.10. The normalized spacial score (nSPS) is 12.8. The van der Waals surface area contributed by atoms with Crippen molar-refractivity contribution in [2.45, 2.75) is 32.6 Å². The highest BCUT2D eigenvalue weighted by molar-refractivity contribution is 5.94. The monoisotopic (exact) mass is 454 g/mol. The van der Waals surface area contributed by atoms with Crippen LogP contribution in [-0.4, -0.2) is 27.8 Å². The zero-order valence-electron chi connectivity index (χ0n) is 19.0. The Bertz CT molecular complexity index is 1360. The van der Waals surface area contributed by atoms with E-state index < -0.39 is 0 Å². The van der Waals surface area contributed by atoms with Gasteiger partial charge in [-0.3, -0.25) is 9.59 Å². The van der Waals surface area contributed by atoms with Crippen LogP contribution in [0.1, 0.15) is 30.4 Å². The Morgan fingerprint density at radius 2 is 2.00 bits per heavy atom. The summed E-state index contributed by atoms with van der Waals surface area (Å²) < 4.78 is 7.81. The van der Waals surface area contributed by atoms with Gasteiger partial charge in [0.25, 0.3) is 0 Å². The number of carbonyl (C=O) groups excluding carboxylic acids is 2. The van der Waals surface area contributed by atoms with Crippen molar-refractivity contribution < 1.29 is 14.3 Å². The lowest BCUT2D eigenvalue weighted by Gasteiger charge is -2.17. The summed E-state index contributed by atoms with van der Waals surface area (Å²) in [6.45, 7) is 2.49. The van der Waals surface area contributed by atoms with Gasteiger partial charge in [0.05, 0.1) is 12.3 Å². The van der Waals surface area contributed by atoms with Gasteiger partial charge in [-0.05, 0) is 67.3 Å². The summed E-state index contributed by atoms with van der Waals surface area (Å²) in [5, 5.41) is 5.80. The molecule has 5 rings (SSSR count). The van der Waals surface area contributed by atoms with Gasteiger partial charge in [-0.2, -0.15) is 0 Å². The number of aryl methyl sites for hydroxylation is 2. The van der Waals surface area contributed by atoms with Gasteiger partial charge in [0.15, 0.2) is 0 Å². The van der Waals surface area contributed by atoms with Crippen LogP contribution in [0.2, 0.25) is 0 Å². The smallest absolute Gasteiger partial charge is 0.224 e. The number of rotatable bonds is 7. The van der Waals surface area contributed by atoms with Gasteiger partial charge in [0.1, 0.15) is 11.4 Å². The molecule has 2 aromatic carbocycles. The molecule has 0 unspecified atom stereocenters. The fraction of sp³-hybridized carbons (Fsp3) is 0.222. The molecule has 4 aromatic rings. The van der Waals surface area contributed by atoms with Crippen LogP contribution in [0, 0.1) is 6.92 Å². The minimum atomic E-state index is -0.0483. The average molecular weight is 455 g/mol. The molecule has 1 aliphatic heterocycles. The maximum absolute atomic E-state index is 12.3. The van der Waals surface area contributed by atoms with E-state index in [1.807, 2.05) is 78.3 Å². The van der Waals surface area contributed by atoms with Crippen molar-refractivity contribution in [3.63, 3.8) is 0 Å². The Kier molecular flexibility index (Phi) is 5.99. The van der Waals surface area contributed by atoms with E-state index in [-0.39, 0.29) is 11.8 Å². The number of anilines is 2. The molecule has 34 heavy (non-hydrogen) atoms. The number of ether oxygens (including phenoxy) is 1. The Labute approximate surface area is 197 Å². The second kappa shape index (κ2) is 9.39. The first kappa shape index (κ1) is 21.7. The van der Waals surface area contributed by atoms with Crippen molar-refractivity contribution in [2.24, 2.45) is 0 Å². The molecule has 0 saturated heterocycles. The van der Waals surface area contributed by atoms with Crippen LogP contribution in [0.5, 0.6) is 5.75 Å². The summed E-state index contributed by atoms with van der Waals surface area (Å²) in [6, 6.07) is 17.4. The number of pyridine rings is 1. The molecule has 0 aliphatic carbocycles. The van der Waals surface area contributed by atoms with Crippen LogP contribution in [0.4, 0.5) is 11.4 Å². The number of fused-ring (bicyclic) bond motifs is 2. The first-order valence-corrected chi connectivity index (χ1v) is 11.5. The van der Waals surface area contributed by atoms with E-state index in [1.165, 1.54) is 0 Å². The van der Waals surface area contributed by atoms with E-state index in [9.17, 15) is 9.59 Å². The van der Waals surface area contributed by atoms with Crippen LogP contribution >= 0.6 is 0 Å². The molecule has 0 bridgehead atoms. The maximum Gasteiger partial charge on any atom is 0.224 e. The zero-order chi connectivity index (χ0) is 23.5. The van der Waals surface area contributed by atoms with Crippen LogP contribution in [0.25, 0.3) is 16.9 Å². The van der Waals surface area contributed by atoms with E-state index >= 15 is 0 Å². The number of imidazole rings is 1. The molecule has 2 aromatic heterocycles. The second-order valence-corrected chi connectivity index (χ2v) is 8.49. The van der Waals surface area contributed by atoms with Crippen molar-refractivity contribution in [2.75, 3.05) is 17.2 Å². The molecular weight excluding hydrogens is 428 g/mol. The predicted octanol–water partition coefficient (Wildman–Crippen LogP) is 4.99. The highest BCUT2D eigenvalue weighted by Crippen LogP contribution is 2.27. The van der Waals surface area contributed by atoms with Crippen LogP contribution in [0.3, 0.4) is 0 Å². The van der Waals surface area contributed by atoms with Crippen molar-refractivity contribution >= 4 is 28.8 Å². The van der Waals surface area contributed by atoms with Crippen molar-refractivity contribution in [3.05, 3.63) is 78.1 Å². The molecular formula is C27H26N4O3. The predicted molar refractivity (Wildman–Crippen MR) is 132 cm³/mol. The molecule has 0 spiro atoms. The molecule has 0 atom stereocenters. The highest BCUT2D eigenvalue weighted by Gasteiger charge is 2.15. The van der Waals surface area contributed by atoms with Crippen LogP contribution < -0.4 is 15.4 Å². The fourth-order valence-electron chi connectivity index (χ4n) is 4.11. The molecule has 172 valence electrons. The number of hydrogen-bond donors (Lipinski definition) is 2. The topological polar surface area (TPSA) is 84.7 Å². The standard InChI is InChI=1S/C27H26N4O3/c1-18-4-2-14-31-17-24(30-27(18)31)19-6-9-21(10-7-19)28-25(32)5-3-15-34-22-11-12-23-20(16-22)8-13-26(33)29-23/h2,4,6-7,9-12,14,16-17H,3,5,8,13,15H2,1H3,(H,28,32)(H,29,33). The van der Waals surface area contributed by atoms with Crippen LogP contribution in [-0.2, 0) is 16.0 Å². The quantitative estimate of drug-likeness (QED) is 0.385. The number of amides is 2. The molecule has 1 aliphatic rings. The molecule has 7 nitrogen and oxygen atoms in total. The SMILES string of the molecule is Cc1cccn2cc(-c3ccc(NC(=O)CCCOc4ccc5c(c4)CCC(=O)N5)cc3)nc12. The summed E-state index contributed by atoms with van der Waals surface area (Å²) in [5.74, 6) is 0.757. The minimum Gasteiger partial charge on any atom is -0.494 e. The first-order valence-electron chi connectivity index (χ1n) is 11.5. The summed E-state index contributed by atoms with van der Waals surface area (Å²) in [4.78, 5) is 28.5. The fourth-order valence-corrected chi connectivity index (χ4v) is 4.11. The number of nitrogens with zero attached hydrogens (tertiary/aromatic N) is 2. The number of carbonyl (C=O) groups is 2. The lowest BCUT2D eigenvalue weighted by atomic mass is 10.0. The van der Waals surface area contributed by atoms with E-state index in [2.05, 4.69) is 10.6 Å². The van der Waals surface area contributed by atoms with Crippen molar-refractivity contribution in [1.82, 2.24) is 9.38 Å². The minimum absolute atomic E-state index is 0.0482. The van der Waals surface area contributed by atoms with Gasteiger partial charge in [-0.15, -0.1) is 0 Å². The summed E-state index contributed by atoms with van der Waals surface area (Å²) >= 11 is 0. The van der Waals surface area contributed by atoms with Gasteiger partial charge in [-0.25, -0.2) is 4.98 Å². The summed E-state index contributed by atoms with van der Waals surface area (Å²) in [5.41, 5.74) is 6.66. The maximum atomic E-state index is 12.3. The first-order chi connectivity index (χ1) is 16.5. The molecule has 3 heterocycles. The number of aromatic nitrogens is 2. The largest absolute Gasteiger partial charge is 0.494 e. The van der Waals surface area contributed by atoms with Crippen molar-refractivity contribution in [3.8, 4) is 17.0 Å². The molecule has 2 N–H and O–H groups in total. The molecule has 0 saturated carbocycles. The van der Waals surface area contributed by atoms with Gasteiger partial charge in [0, 0.05) is 42.2 Å². The zero-order valence-corrected chi connectivity index (χ0v) is 19.0. The van der Waals surface area contributed by atoms with E-state index in [4.69, 9.17) is 9.72 Å². The van der Waals surface area contributed by atoms with Gasteiger partial charge >= 0.3 is 0 Å². The molecule has 7 heteroatoms. The number of nitrogens with one attached hydrogen (secondary N) is 2. The van der Waals surface area contributed by atoms with Gasteiger partial charge in [0.2, 0.25) is 11.8 Å². The molecule has 0 fully saturated rings. The summed E-state index contributed by atoms with van der Waals surface area (Å²) in [6.07, 6.45) is 6.19. The Morgan fingerprint density at radius 3 is 2.82 bits per heavy atom. The lowest BCUT2D eigenvalue weighted by Crippen LogP contribution is -2.18. The van der Waals surface area contributed by atoms with E-state index in [0.29, 0.717) is 25.9 Å². The van der Waals surface area contributed by atoms with Crippen LogP contribution in [0.15, 0.2) is 67.0 Å². The Hall–Kier alpha value is -4.13. The third-order valence-electron chi connectivity index (χ3n) is 5.93. The highest BCUT2D eigenvalue weighted by atomic mass is 16.5. The molecule has 2 amide bonds. The number of benzene rings is 2. The number of hydrogen-bond acceptors (Lipinski definition) is 4. The van der Waals surface area contributed by atoms with Crippen molar-refractivity contribution in [1.29, 1.82) is 0 Å². The van der Waals surface area contributed by atoms with Gasteiger partial charge < -0.3 is 19.8 Å². The summed E-state index contributed by atoms with van der Waals surface area (Å²) in [7, 11) is 0. The van der Waals surface area contributed by atoms with E-state index in [0.717, 1.165) is 51.6 Å². The van der Waals surface area contributed by atoms with E-state index in [1.54, 1.807) is 0 Å². The Morgan fingerprint density at radius 1 is 1.15 bits per heavy atom. The third-order valence-corrected chi connectivity index (χ3v) is 5.93. The third kappa shape index (κ3) is 4.78.